The average molecular weight is 467 g/mol. The molecule has 11 heteroatoms. The standard InChI is InChI=1S/C23H23F2N7O2/c24-15-6-17(25)22-28-11-20(31(22)13-15)21-16-10-27-18(23(33)30-2-1-4-34-5-3-30)7-19(16)32(29-21)12-14-8-26-9-14/h6-7,10-11,13-14,26H,1-5,8-9,12H2. The molecule has 0 unspecified atom stereocenters. The Hall–Kier alpha value is -3.44. The molecule has 0 atom stereocenters. The first-order valence-corrected chi connectivity index (χ1v) is 11.4. The zero-order valence-corrected chi connectivity index (χ0v) is 18.4. The number of aromatic nitrogens is 5. The van der Waals surface area contributed by atoms with E-state index >= 15 is 0 Å². The number of halogens is 2. The second kappa shape index (κ2) is 8.41. The van der Waals surface area contributed by atoms with Crippen LogP contribution in [0.15, 0.2) is 30.7 Å². The summed E-state index contributed by atoms with van der Waals surface area (Å²) >= 11 is 0. The highest BCUT2D eigenvalue weighted by Crippen LogP contribution is 2.30. The molecule has 9 nitrogen and oxygen atoms in total. The molecule has 2 saturated heterocycles. The molecule has 4 aromatic rings. The van der Waals surface area contributed by atoms with Crippen molar-refractivity contribution in [2.45, 2.75) is 13.0 Å². The van der Waals surface area contributed by atoms with E-state index in [1.54, 1.807) is 17.2 Å². The van der Waals surface area contributed by atoms with E-state index in [0.717, 1.165) is 31.1 Å². The zero-order chi connectivity index (χ0) is 23.2. The molecule has 0 saturated carbocycles. The fourth-order valence-electron chi connectivity index (χ4n) is 4.54. The maximum Gasteiger partial charge on any atom is 0.272 e. The van der Waals surface area contributed by atoms with Crippen molar-refractivity contribution >= 4 is 22.5 Å². The quantitative estimate of drug-likeness (QED) is 0.495. The topological polar surface area (TPSA) is 89.6 Å². The molecule has 34 heavy (non-hydrogen) atoms. The van der Waals surface area contributed by atoms with Gasteiger partial charge in [-0.25, -0.2) is 13.8 Å². The molecule has 0 spiro atoms. The number of rotatable bonds is 4. The van der Waals surface area contributed by atoms with Gasteiger partial charge in [0.15, 0.2) is 11.5 Å². The number of fused-ring (bicyclic) bond motifs is 2. The Morgan fingerprint density at radius 2 is 2.03 bits per heavy atom. The highest BCUT2D eigenvalue weighted by Gasteiger charge is 2.25. The highest BCUT2D eigenvalue weighted by atomic mass is 19.1. The van der Waals surface area contributed by atoms with E-state index in [1.165, 1.54) is 16.8 Å². The van der Waals surface area contributed by atoms with E-state index in [4.69, 9.17) is 9.84 Å². The van der Waals surface area contributed by atoms with Crippen LogP contribution >= 0.6 is 0 Å². The van der Waals surface area contributed by atoms with E-state index < -0.39 is 11.6 Å². The predicted octanol–water partition coefficient (Wildman–Crippen LogP) is 2.11. The van der Waals surface area contributed by atoms with Gasteiger partial charge in [0.1, 0.15) is 17.2 Å². The molecule has 0 bridgehead atoms. The number of carbonyl (C=O) groups excluding carboxylic acids is 1. The molecule has 2 aliphatic heterocycles. The van der Waals surface area contributed by atoms with Crippen LogP contribution in [0.2, 0.25) is 0 Å². The third-order valence-corrected chi connectivity index (χ3v) is 6.43. The van der Waals surface area contributed by atoms with Gasteiger partial charge in [0.25, 0.3) is 5.91 Å². The minimum absolute atomic E-state index is 0.0189. The molecule has 6 heterocycles. The smallest absolute Gasteiger partial charge is 0.272 e. The zero-order valence-electron chi connectivity index (χ0n) is 18.4. The van der Waals surface area contributed by atoms with Gasteiger partial charge >= 0.3 is 0 Å². The van der Waals surface area contributed by atoms with Crippen molar-refractivity contribution in [3.63, 3.8) is 0 Å². The number of pyridine rings is 2. The van der Waals surface area contributed by atoms with Crippen LogP contribution in [0.25, 0.3) is 27.9 Å². The molecule has 2 fully saturated rings. The Morgan fingerprint density at radius 1 is 1.15 bits per heavy atom. The summed E-state index contributed by atoms with van der Waals surface area (Å²) < 4.78 is 36.9. The first-order chi connectivity index (χ1) is 16.6. The van der Waals surface area contributed by atoms with Gasteiger partial charge in [-0.15, -0.1) is 0 Å². The van der Waals surface area contributed by atoms with E-state index in [-0.39, 0.29) is 11.6 Å². The van der Waals surface area contributed by atoms with Gasteiger partial charge in [-0.3, -0.25) is 18.9 Å². The number of amides is 1. The molecular weight excluding hydrogens is 444 g/mol. The average Bonchev–Trinajstić information content (AvgIpc) is 3.25. The van der Waals surface area contributed by atoms with Gasteiger partial charge < -0.3 is 15.0 Å². The third-order valence-electron chi connectivity index (χ3n) is 6.43. The second-order valence-corrected chi connectivity index (χ2v) is 8.74. The summed E-state index contributed by atoms with van der Waals surface area (Å²) in [6.45, 7) is 4.71. The normalized spacial score (nSPS) is 17.3. The fourth-order valence-corrected chi connectivity index (χ4v) is 4.54. The van der Waals surface area contributed by atoms with Crippen LogP contribution in [0.1, 0.15) is 16.9 Å². The first-order valence-electron chi connectivity index (χ1n) is 11.4. The second-order valence-electron chi connectivity index (χ2n) is 8.74. The number of ether oxygens (including phenoxy) is 1. The lowest BCUT2D eigenvalue weighted by molar-refractivity contribution is 0.0735. The molecule has 2 aliphatic rings. The molecule has 176 valence electrons. The number of nitrogens with zero attached hydrogens (tertiary/aromatic N) is 6. The van der Waals surface area contributed by atoms with Crippen molar-refractivity contribution in [1.82, 2.24) is 34.4 Å². The summed E-state index contributed by atoms with van der Waals surface area (Å²) in [7, 11) is 0. The van der Waals surface area contributed by atoms with Gasteiger partial charge in [-0.2, -0.15) is 5.10 Å². The SMILES string of the molecule is O=C(c1cc2c(cn1)c(-c1cnc3c(F)cc(F)cn13)nn2CC1CNC1)N1CCCOCC1. The van der Waals surface area contributed by atoms with Gasteiger partial charge in [0, 0.05) is 69.1 Å². The number of imidazole rings is 1. The number of carbonyl (C=O) groups is 1. The van der Waals surface area contributed by atoms with Crippen LogP contribution in [0.3, 0.4) is 0 Å². The minimum atomic E-state index is -0.747. The monoisotopic (exact) mass is 467 g/mol. The number of nitrogens with one attached hydrogen (secondary N) is 1. The van der Waals surface area contributed by atoms with Gasteiger partial charge in [0.2, 0.25) is 0 Å². The summed E-state index contributed by atoms with van der Waals surface area (Å²) in [5.74, 6) is -1.20. The Morgan fingerprint density at radius 3 is 2.85 bits per heavy atom. The summed E-state index contributed by atoms with van der Waals surface area (Å²) in [5.41, 5.74) is 2.07. The Balaban J connectivity index is 1.46. The number of hydrogen-bond acceptors (Lipinski definition) is 6. The number of hydrogen-bond donors (Lipinski definition) is 1. The van der Waals surface area contributed by atoms with E-state index in [9.17, 15) is 13.6 Å². The molecule has 0 aliphatic carbocycles. The first kappa shape index (κ1) is 21.1. The Labute approximate surface area is 193 Å². The van der Waals surface area contributed by atoms with Crippen molar-refractivity contribution in [2.75, 3.05) is 39.4 Å². The van der Waals surface area contributed by atoms with Crippen molar-refractivity contribution in [1.29, 1.82) is 0 Å². The van der Waals surface area contributed by atoms with Crippen LogP contribution in [0.5, 0.6) is 0 Å². The third kappa shape index (κ3) is 3.61. The fraction of sp³-hybridized carbons (Fsp3) is 0.391. The van der Waals surface area contributed by atoms with Gasteiger partial charge in [-0.1, -0.05) is 0 Å². The van der Waals surface area contributed by atoms with E-state index in [0.29, 0.717) is 61.2 Å². The van der Waals surface area contributed by atoms with E-state index in [2.05, 4.69) is 15.3 Å². The lowest BCUT2D eigenvalue weighted by Crippen LogP contribution is -2.44. The predicted molar refractivity (Wildman–Crippen MR) is 119 cm³/mol. The van der Waals surface area contributed by atoms with Crippen LogP contribution in [0.4, 0.5) is 8.78 Å². The lowest BCUT2D eigenvalue weighted by atomic mass is 10.0. The van der Waals surface area contributed by atoms with E-state index in [1.807, 2.05) is 4.68 Å². The van der Waals surface area contributed by atoms with Gasteiger partial charge in [-0.05, 0) is 12.5 Å². The van der Waals surface area contributed by atoms with Crippen molar-refractivity contribution < 1.29 is 18.3 Å². The van der Waals surface area contributed by atoms with Crippen molar-refractivity contribution in [2.24, 2.45) is 5.92 Å². The molecule has 0 aromatic carbocycles. The molecule has 1 amide bonds. The molecule has 1 N–H and O–H groups in total. The summed E-state index contributed by atoms with van der Waals surface area (Å²) in [6, 6.07) is 2.57. The molecule has 4 aromatic heterocycles. The largest absolute Gasteiger partial charge is 0.380 e. The molecule has 0 radical (unpaired) electrons. The minimum Gasteiger partial charge on any atom is -0.380 e. The maximum absolute atomic E-state index is 14.2. The summed E-state index contributed by atoms with van der Waals surface area (Å²) in [5, 5.41) is 8.73. The van der Waals surface area contributed by atoms with Crippen molar-refractivity contribution in [3.8, 4) is 11.4 Å². The van der Waals surface area contributed by atoms with Gasteiger partial charge in [0.05, 0.1) is 24.0 Å². The summed E-state index contributed by atoms with van der Waals surface area (Å²) in [6.07, 6.45) is 5.06. The van der Waals surface area contributed by atoms with Crippen LogP contribution < -0.4 is 5.32 Å². The van der Waals surface area contributed by atoms with Crippen LogP contribution in [-0.4, -0.2) is 74.3 Å². The van der Waals surface area contributed by atoms with Crippen molar-refractivity contribution in [3.05, 3.63) is 48.1 Å². The van der Waals surface area contributed by atoms with Crippen LogP contribution in [0, 0.1) is 17.6 Å². The highest BCUT2D eigenvalue weighted by molar-refractivity contribution is 5.99. The Bertz CT molecular complexity index is 1390. The maximum atomic E-state index is 14.2. The lowest BCUT2D eigenvalue weighted by Gasteiger charge is -2.27. The summed E-state index contributed by atoms with van der Waals surface area (Å²) in [4.78, 5) is 23.5. The Kier molecular flexibility index (Phi) is 5.22. The van der Waals surface area contributed by atoms with Crippen LogP contribution in [-0.2, 0) is 11.3 Å². The molecule has 6 rings (SSSR count). The molecular formula is C23H23F2N7O2.